The van der Waals surface area contributed by atoms with Crippen LogP contribution in [0.1, 0.15) is 22.8 Å². The highest BCUT2D eigenvalue weighted by Gasteiger charge is 2.30. The standard InChI is InChI=1S/C15H11Cl2F3O/c16-12-5-2-6-13(17)11(12)8-14(21)9-3-1-4-10(7-9)15(18,19)20/h1-7,14,21H,8H2. The minimum atomic E-state index is -4.45. The molecule has 0 heterocycles. The number of hydrogen-bond acceptors (Lipinski definition) is 1. The summed E-state index contributed by atoms with van der Waals surface area (Å²) < 4.78 is 38.0. The molecule has 0 aliphatic rings. The highest BCUT2D eigenvalue weighted by atomic mass is 35.5. The van der Waals surface area contributed by atoms with Gasteiger partial charge in [-0.15, -0.1) is 0 Å². The summed E-state index contributed by atoms with van der Waals surface area (Å²) >= 11 is 12.0. The van der Waals surface area contributed by atoms with Gasteiger partial charge in [-0.25, -0.2) is 0 Å². The van der Waals surface area contributed by atoms with Crippen LogP contribution in [0.4, 0.5) is 13.2 Å². The maximum Gasteiger partial charge on any atom is 0.416 e. The summed E-state index contributed by atoms with van der Waals surface area (Å²) in [5.41, 5.74) is -0.129. The van der Waals surface area contributed by atoms with E-state index < -0.39 is 17.8 Å². The third-order valence-corrected chi connectivity index (χ3v) is 3.77. The zero-order valence-electron chi connectivity index (χ0n) is 10.7. The van der Waals surface area contributed by atoms with Crippen molar-refractivity contribution >= 4 is 23.2 Å². The third kappa shape index (κ3) is 3.90. The molecule has 0 spiro atoms. The fraction of sp³-hybridized carbons (Fsp3) is 0.200. The molecule has 0 bridgehead atoms. The Morgan fingerprint density at radius 2 is 1.57 bits per heavy atom. The molecule has 0 saturated carbocycles. The molecule has 0 radical (unpaired) electrons. The molecule has 0 saturated heterocycles. The van der Waals surface area contributed by atoms with Crippen LogP contribution in [0.3, 0.4) is 0 Å². The highest BCUT2D eigenvalue weighted by molar-refractivity contribution is 6.36. The maximum atomic E-state index is 12.7. The molecule has 0 aliphatic heterocycles. The summed E-state index contributed by atoms with van der Waals surface area (Å²) in [5.74, 6) is 0. The lowest BCUT2D eigenvalue weighted by Gasteiger charge is -2.15. The van der Waals surface area contributed by atoms with Gasteiger partial charge in [0.05, 0.1) is 11.7 Å². The summed E-state index contributed by atoms with van der Waals surface area (Å²) in [5, 5.41) is 10.9. The van der Waals surface area contributed by atoms with Crippen molar-refractivity contribution in [3.05, 3.63) is 69.2 Å². The monoisotopic (exact) mass is 334 g/mol. The van der Waals surface area contributed by atoms with Gasteiger partial charge in [0.15, 0.2) is 0 Å². The molecule has 0 amide bonds. The first-order valence-corrected chi connectivity index (χ1v) is 6.82. The molecule has 0 fully saturated rings. The molecule has 2 aromatic carbocycles. The Morgan fingerprint density at radius 1 is 1.00 bits per heavy atom. The molecule has 1 unspecified atom stereocenters. The predicted molar refractivity (Wildman–Crippen MR) is 76.6 cm³/mol. The van der Waals surface area contributed by atoms with E-state index in [1.54, 1.807) is 18.2 Å². The van der Waals surface area contributed by atoms with Crippen LogP contribution in [-0.4, -0.2) is 5.11 Å². The van der Waals surface area contributed by atoms with E-state index in [0.717, 1.165) is 12.1 Å². The minimum Gasteiger partial charge on any atom is -0.388 e. The van der Waals surface area contributed by atoms with Crippen molar-refractivity contribution in [1.82, 2.24) is 0 Å². The van der Waals surface area contributed by atoms with Gasteiger partial charge >= 0.3 is 6.18 Å². The van der Waals surface area contributed by atoms with E-state index in [1.165, 1.54) is 12.1 Å². The van der Waals surface area contributed by atoms with Gasteiger partial charge < -0.3 is 5.11 Å². The maximum absolute atomic E-state index is 12.7. The lowest BCUT2D eigenvalue weighted by atomic mass is 9.99. The molecular formula is C15H11Cl2F3O. The van der Waals surface area contributed by atoms with E-state index in [2.05, 4.69) is 0 Å². The fourth-order valence-corrected chi connectivity index (χ4v) is 2.51. The lowest BCUT2D eigenvalue weighted by Crippen LogP contribution is -2.08. The molecule has 2 aromatic rings. The molecule has 0 aliphatic carbocycles. The van der Waals surface area contributed by atoms with Gasteiger partial charge in [-0.2, -0.15) is 13.2 Å². The Labute approximate surface area is 129 Å². The largest absolute Gasteiger partial charge is 0.416 e. The van der Waals surface area contributed by atoms with E-state index in [4.69, 9.17) is 23.2 Å². The average Bonchev–Trinajstić information content (AvgIpc) is 2.42. The van der Waals surface area contributed by atoms with Crippen molar-refractivity contribution in [3.63, 3.8) is 0 Å². The lowest BCUT2D eigenvalue weighted by molar-refractivity contribution is -0.137. The number of benzene rings is 2. The smallest absolute Gasteiger partial charge is 0.388 e. The predicted octanol–water partition coefficient (Wildman–Crippen LogP) is 5.29. The summed E-state index contributed by atoms with van der Waals surface area (Å²) in [6.45, 7) is 0. The topological polar surface area (TPSA) is 20.2 Å². The van der Waals surface area contributed by atoms with Gasteiger partial charge in [-0.1, -0.05) is 41.4 Å². The number of aliphatic hydroxyl groups is 1. The number of aliphatic hydroxyl groups excluding tert-OH is 1. The fourth-order valence-electron chi connectivity index (χ4n) is 1.96. The number of hydrogen-bond donors (Lipinski definition) is 1. The number of alkyl halides is 3. The van der Waals surface area contributed by atoms with E-state index in [9.17, 15) is 18.3 Å². The zero-order chi connectivity index (χ0) is 15.6. The quantitative estimate of drug-likeness (QED) is 0.808. The molecule has 2 rings (SSSR count). The van der Waals surface area contributed by atoms with Crippen LogP contribution in [0.2, 0.25) is 10.0 Å². The zero-order valence-corrected chi connectivity index (χ0v) is 12.2. The molecular weight excluding hydrogens is 324 g/mol. The van der Waals surface area contributed by atoms with E-state index in [0.29, 0.717) is 15.6 Å². The van der Waals surface area contributed by atoms with Crippen molar-refractivity contribution in [1.29, 1.82) is 0 Å². The van der Waals surface area contributed by atoms with Crippen LogP contribution in [0.25, 0.3) is 0 Å². The van der Waals surface area contributed by atoms with Crippen LogP contribution in [0.5, 0.6) is 0 Å². The van der Waals surface area contributed by atoms with Crippen LogP contribution in [0, 0.1) is 0 Å². The highest BCUT2D eigenvalue weighted by Crippen LogP contribution is 2.33. The Kier molecular flexibility index (Phi) is 4.81. The average molecular weight is 335 g/mol. The molecule has 6 heteroatoms. The van der Waals surface area contributed by atoms with Crippen molar-refractivity contribution in [2.45, 2.75) is 18.7 Å². The first kappa shape index (κ1) is 16.1. The first-order chi connectivity index (χ1) is 9.79. The second kappa shape index (κ2) is 6.26. The van der Waals surface area contributed by atoms with Crippen molar-refractivity contribution in [2.75, 3.05) is 0 Å². The Hall–Kier alpha value is -1.23. The SMILES string of the molecule is OC(Cc1c(Cl)cccc1Cl)c1cccc(C(F)(F)F)c1. The summed E-state index contributed by atoms with van der Waals surface area (Å²) in [6.07, 6.45) is -5.53. The summed E-state index contributed by atoms with van der Waals surface area (Å²) in [4.78, 5) is 0. The Bertz CT molecular complexity index is 621. The van der Waals surface area contributed by atoms with Gasteiger partial charge in [0, 0.05) is 16.5 Å². The van der Waals surface area contributed by atoms with Gasteiger partial charge in [-0.05, 0) is 35.4 Å². The van der Waals surface area contributed by atoms with E-state index >= 15 is 0 Å². The van der Waals surface area contributed by atoms with E-state index in [1.807, 2.05) is 0 Å². The van der Waals surface area contributed by atoms with Crippen LogP contribution in [0.15, 0.2) is 42.5 Å². The molecule has 1 nitrogen and oxygen atoms in total. The third-order valence-electron chi connectivity index (χ3n) is 3.06. The number of rotatable bonds is 3. The van der Waals surface area contributed by atoms with Crippen LogP contribution < -0.4 is 0 Å². The van der Waals surface area contributed by atoms with Gasteiger partial charge in [0.2, 0.25) is 0 Å². The molecule has 0 aromatic heterocycles. The van der Waals surface area contributed by atoms with Crippen molar-refractivity contribution in [3.8, 4) is 0 Å². The summed E-state index contributed by atoms with van der Waals surface area (Å²) in [7, 11) is 0. The van der Waals surface area contributed by atoms with Crippen molar-refractivity contribution < 1.29 is 18.3 Å². The van der Waals surface area contributed by atoms with Crippen LogP contribution in [-0.2, 0) is 12.6 Å². The number of halogens is 5. The normalized spacial score (nSPS) is 13.2. The molecule has 1 N–H and O–H groups in total. The second-order valence-electron chi connectivity index (χ2n) is 4.54. The minimum absolute atomic E-state index is 0.0415. The van der Waals surface area contributed by atoms with Crippen molar-refractivity contribution in [2.24, 2.45) is 0 Å². The second-order valence-corrected chi connectivity index (χ2v) is 5.36. The molecule has 21 heavy (non-hydrogen) atoms. The molecule has 112 valence electrons. The Morgan fingerprint density at radius 3 is 2.14 bits per heavy atom. The van der Waals surface area contributed by atoms with Gasteiger partial charge in [-0.3, -0.25) is 0 Å². The Balaban J connectivity index is 2.27. The van der Waals surface area contributed by atoms with Crippen LogP contribution >= 0.6 is 23.2 Å². The van der Waals surface area contributed by atoms with E-state index in [-0.39, 0.29) is 12.0 Å². The first-order valence-electron chi connectivity index (χ1n) is 6.07. The summed E-state index contributed by atoms with van der Waals surface area (Å²) in [6, 6.07) is 9.46. The molecule has 1 atom stereocenters. The van der Waals surface area contributed by atoms with Gasteiger partial charge in [0.25, 0.3) is 0 Å². The van der Waals surface area contributed by atoms with Gasteiger partial charge in [0.1, 0.15) is 0 Å².